The molecule has 21 heavy (non-hydrogen) atoms. The predicted molar refractivity (Wildman–Crippen MR) is 86.5 cm³/mol. The second-order valence-corrected chi connectivity index (χ2v) is 5.30. The molecule has 0 unspecified atom stereocenters. The van der Waals surface area contributed by atoms with Crippen molar-refractivity contribution in [2.45, 2.75) is 33.2 Å². The lowest BCUT2D eigenvalue weighted by atomic mass is 10.1. The first-order valence-electron chi connectivity index (χ1n) is 7.93. The van der Waals surface area contributed by atoms with Crippen LogP contribution in [0.2, 0.25) is 0 Å². The Hall–Kier alpha value is -1.96. The van der Waals surface area contributed by atoms with Crippen molar-refractivity contribution in [2.75, 3.05) is 0 Å². The molecule has 2 aromatic rings. The summed E-state index contributed by atoms with van der Waals surface area (Å²) in [5.41, 5.74) is 2.55. The number of nitrogens with zero attached hydrogens (tertiary/aromatic N) is 2. The second kappa shape index (κ2) is 7.72. The second-order valence-electron chi connectivity index (χ2n) is 5.30. The molecule has 0 fully saturated rings. The fourth-order valence-electron chi connectivity index (χ4n) is 2.58. The number of aromatic nitrogens is 2. The molecule has 1 aliphatic carbocycles. The van der Waals surface area contributed by atoms with Crippen LogP contribution in [-0.2, 0) is 13.6 Å². The standard InChI is InChI=1S/C17H20N2.C2H6/c1-18-10-6-16(7-11-18)17-8-12-19(13-9-17)14-15-4-2-3-5-15;1-2/h2,4,6-13,15H,3,5,14H2,1H3;1-2H3/q+2;/t15-;/m1./s1. The lowest BCUT2D eigenvalue weighted by molar-refractivity contribution is -0.701. The summed E-state index contributed by atoms with van der Waals surface area (Å²) < 4.78 is 4.34. The van der Waals surface area contributed by atoms with Crippen molar-refractivity contribution in [3.05, 3.63) is 61.2 Å². The molecule has 2 aromatic heterocycles. The number of hydrogen-bond donors (Lipinski definition) is 0. The van der Waals surface area contributed by atoms with Crippen LogP contribution in [0.1, 0.15) is 26.7 Å². The van der Waals surface area contributed by atoms with Gasteiger partial charge in [0.2, 0.25) is 0 Å². The zero-order valence-electron chi connectivity index (χ0n) is 13.4. The van der Waals surface area contributed by atoms with Gasteiger partial charge in [0.05, 0.1) is 0 Å². The predicted octanol–water partition coefficient (Wildman–Crippen LogP) is 3.46. The number of rotatable bonds is 3. The lowest BCUT2D eigenvalue weighted by Gasteiger charge is -2.04. The minimum Gasteiger partial charge on any atom is -0.208 e. The van der Waals surface area contributed by atoms with Crippen molar-refractivity contribution in [3.63, 3.8) is 0 Å². The van der Waals surface area contributed by atoms with E-state index in [1.54, 1.807) is 0 Å². The number of allylic oxidation sites excluding steroid dienone is 2. The third-order valence-electron chi connectivity index (χ3n) is 3.76. The number of hydrogen-bond acceptors (Lipinski definition) is 0. The molecule has 0 spiro atoms. The molecule has 0 N–H and O–H groups in total. The van der Waals surface area contributed by atoms with Crippen molar-refractivity contribution in [3.8, 4) is 11.1 Å². The highest BCUT2D eigenvalue weighted by Crippen LogP contribution is 2.18. The van der Waals surface area contributed by atoms with E-state index in [9.17, 15) is 0 Å². The van der Waals surface area contributed by atoms with E-state index in [-0.39, 0.29) is 0 Å². The van der Waals surface area contributed by atoms with Gasteiger partial charge in [0.25, 0.3) is 0 Å². The fourth-order valence-corrected chi connectivity index (χ4v) is 2.58. The molecular weight excluding hydrogens is 256 g/mol. The van der Waals surface area contributed by atoms with E-state index in [0.717, 1.165) is 6.54 Å². The zero-order chi connectivity index (χ0) is 15.1. The van der Waals surface area contributed by atoms with Gasteiger partial charge in [-0.25, -0.2) is 9.13 Å². The summed E-state index contributed by atoms with van der Waals surface area (Å²) in [6, 6.07) is 8.71. The smallest absolute Gasteiger partial charge is 0.169 e. The van der Waals surface area contributed by atoms with Crippen LogP contribution in [0.15, 0.2) is 61.2 Å². The van der Waals surface area contributed by atoms with E-state index in [2.05, 4.69) is 70.3 Å². The van der Waals surface area contributed by atoms with E-state index in [0.29, 0.717) is 5.92 Å². The summed E-state index contributed by atoms with van der Waals surface area (Å²) in [5.74, 6) is 0.714. The largest absolute Gasteiger partial charge is 0.208 e. The van der Waals surface area contributed by atoms with E-state index in [1.807, 2.05) is 20.9 Å². The monoisotopic (exact) mass is 282 g/mol. The quantitative estimate of drug-likeness (QED) is 0.602. The summed E-state index contributed by atoms with van der Waals surface area (Å²) >= 11 is 0. The Morgan fingerprint density at radius 1 is 0.952 bits per heavy atom. The zero-order valence-corrected chi connectivity index (χ0v) is 13.4. The van der Waals surface area contributed by atoms with Crippen LogP contribution in [-0.4, -0.2) is 0 Å². The maximum atomic E-state index is 2.35. The summed E-state index contributed by atoms with van der Waals surface area (Å²) in [6.07, 6.45) is 15.7. The average Bonchev–Trinajstić information content (AvgIpc) is 3.04. The fraction of sp³-hybridized carbons (Fsp3) is 0.368. The van der Waals surface area contributed by atoms with Gasteiger partial charge in [-0.2, -0.15) is 0 Å². The van der Waals surface area contributed by atoms with Gasteiger partial charge in [-0.05, 0) is 24.0 Å². The maximum absolute atomic E-state index is 2.35. The van der Waals surface area contributed by atoms with Crippen molar-refractivity contribution >= 4 is 0 Å². The van der Waals surface area contributed by atoms with Crippen LogP contribution in [0.3, 0.4) is 0 Å². The molecule has 2 nitrogen and oxygen atoms in total. The van der Waals surface area contributed by atoms with Gasteiger partial charge < -0.3 is 0 Å². The van der Waals surface area contributed by atoms with Gasteiger partial charge >= 0.3 is 0 Å². The molecule has 0 bridgehead atoms. The van der Waals surface area contributed by atoms with Crippen LogP contribution in [0.5, 0.6) is 0 Å². The summed E-state index contributed by atoms with van der Waals surface area (Å²) in [4.78, 5) is 0. The minimum atomic E-state index is 0.714. The molecular formula is C19H26N2+2. The highest BCUT2D eigenvalue weighted by molar-refractivity contribution is 5.60. The Balaban J connectivity index is 0.000000774. The summed E-state index contributed by atoms with van der Waals surface area (Å²) in [7, 11) is 2.04. The highest BCUT2D eigenvalue weighted by atomic mass is 14.9. The molecule has 1 atom stereocenters. The Morgan fingerprint density at radius 2 is 1.52 bits per heavy atom. The van der Waals surface area contributed by atoms with Gasteiger partial charge in [-0.1, -0.05) is 26.0 Å². The van der Waals surface area contributed by atoms with Crippen molar-refractivity contribution in [1.82, 2.24) is 0 Å². The SMILES string of the molecule is CC.C[n+]1ccc(-c2cc[n+](C[C@@H]3C=CCC3)cc2)cc1. The lowest BCUT2D eigenvalue weighted by Crippen LogP contribution is -2.35. The maximum Gasteiger partial charge on any atom is 0.169 e. The number of aryl methyl sites for hydroxylation is 1. The average molecular weight is 282 g/mol. The van der Waals surface area contributed by atoms with Gasteiger partial charge in [-0.3, -0.25) is 0 Å². The Bertz CT molecular complexity index is 568. The molecule has 2 heterocycles. The van der Waals surface area contributed by atoms with Crippen LogP contribution >= 0.6 is 0 Å². The first-order valence-corrected chi connectivity index (χ1v) is 7.93. The Morgan fingerprint density at radius 3 is 2.05 bits per heavy atom. The van der Waals surface area contributed by atoms with E-state index >= 15 is 0 Å². The summed E-state index contributed by atoms with van der Waals surface area (Å²) in [6.45, 7) is 5.10. The molecule has 1 aliphatic rings. The molecule has 0 aromatic carbocycles. The third kappa shape index (κ3) is 4.25. The third-order valence-corrected chi connectivity index (χ3v) is 3.76. The molecule has 0 radical (unpaired) electrons. The van der Waals surface area contributed by atoms with Crippen LogP contribution in [0, 0.1) is 5.92 Å². The van der Waals surface area contributed by atoms with E-state index in [4.69, 9.17) is 0 Å². The van der Waals surface area contributed by atoms with Gasteiger partial charge in [0.1, 0.15) is 7.05 Å². The van der Waals surface area contributed by atoms with Crippen molar-refractivity contribution in [2.24, 2.45) is 13.0 Å². The Kier molecular flexibility index (Phi) is 5.68. The molecule has 2 heteroatoms. The number of pyridine rings is 2. The molecule has 0 saturated carbocycles. The first kappa shape index (κ1) is 15.4. The Labute approximate surface area is 128 Å². The van der Waals surface area contributed by atoms with Crippen LogP contribution in [0.25, 0.3) is 11.1 Å². The van der Waals surface area contributed by atoms with Gasteiger partial charge in [0, 0.05) is 30.2 Å². The molecule has 0 saturated heterocycles. The van der Waals surface area contributed by atoms with Gasteiger partial charge in [0.15, 0.2) is 31.3 Å². The highest BCUT2D eigenvalue weighted by Gasteiger charge is 2.14. The van der Waals surface area contributed by atoms with E-state index in [1.165, 1.54) is 24.0 Å². The molecule has 0 amide bonds. The van der Waals surface area contributed by atoms with Gasteiger partial charge in [-0.15, -0.1) is 0 Å². The molecule has 110 valence electrons. The van der Waals surface area contributed by atoms with Crippen molar-refractivity contribution < 1.29 is 9.13 Å². The normalized spacial score (nSPS) is 16.4. The minimum absolute atomic E-state index is 0.714. The van der Waals surface area contributed by atoms with Crippen LogP contribution < -0.4 is 9.13 Å². The van der Waals surface area contributed by atoms with E-state index < -0.39 is 0 Å². The van der Waals surface area contributed by atoms with Crippen molar-refractivity contribution in [1.29, 1.82) is 0 Å². The molecule has 0 aliphatic heterocycles. The first-order chi connectivity index (χ1) is 10.3. The summed E-state index contributed by atoms with van der Waals surface area (Å²) in [5, 5.41) is 0. The topological polar surface area (TPSA) is 7.76 Å². The van der Waals surface area contributed by atoms with Crippen LogP contribution in [0.4, 0.5) is 0 Å². The molecule has 3 rings (SSSR count).